The third kappa shape index (κ3) is 4.59. The molecule has 0 aliphatic carbocycles. The van der Waals surface area contributed by atoms with E-state index < -0.39 is 10.0 Å². The standard InChI is InChI=1S/C16H19FN2O3S/c1-11(13-6-4-5-7-14(13)17)18-12-8-9-15(16(10-12)22-2)19-23(3,20)21/h4-11,18-19H,1-3H3/t11-/m0/s1. The fraction of sp³-hybridized carbons (Fsp3) is 0.250. The number of anilines is 2. The van der Waals surface area contributed by atoms with E-state index in [4.69, 9.17) is 4.74 Å². The van der Waals surface area contributed by atoms with E-state index in [0.29, 0.717) is 22.7 Å². The molecule has 0 fully saturated rings. The van der Waals surface area contributed by atoms with Crippen LogP contribution in [0.15, 0.2) is 42.5 Å². The number of nitrogens with one attached hydrogen (secondary N) is 2. The average molecular weight is 338 g/mol. The number of halogens is 1. The van der Waals surface area contributed by atoms with Gasteiger partial charge in [0.2, 0.25) is 10.0 Å². The van der Waals surface area contributed by atoms with Crippen LogP contribution in [0.3, 0.4) is 0 Å². The summed E-state index contributed by atoms with van der Waals surface area (Å²) in [5.41, 5.74) is 1.58. The van der Waals surface area contributed by atoms with Crippen molar-refractivity contribution in [3.8, 4) is 5.75 Å². The van der Waals surface area contributed by atoms with Crippen molar-refractivity contribution in [2.24, 2.45) is 0 Å². The van der Waals surface area contributed by atoms with Crippen LogP contribution in [0.2, 0.25) is 0 Å². The molecule has 0 saturated carbocycles. The number of methoxy groups -OCH3 is 1. The molecular weight excluding hydrogens is 319 g/mol. The van der Waals surface area contributed by atoms with E-state index >= 15 is 0 Å². The Morgan fingerprint density at radius 3 is 2.48 bits per heavy atom. The lowest BCUT2D eigenvalue weighted by Gasteiger charge is -2.18. The van der Waals surface area contributed by atoms with Gasteiger partial charge in [-0.1, -0.05) is 18.2 Å². The number of benzene rings is 2. The van der Waals surface area contributed by atoms with E-state index in [0.717, 1.165) is 6.26 Å². The zero-order valence-electron chi connectivity index (χ0n) is 13.1. The van der Waals surface area contributed by atoms with Gasteiger partial charge in [-0.05, 0) is 25.1 Å². The summed E-state index contributed by atoms with van der Waals surface area (Å²) in [5.74, 6) is 0.0935. The highest BCUT2D eigenvalue weighted by atomic mass is 32.2. The Balaban J connectivity index is 2.23. The molecule has 2 aromatic rings. The second-order valence-corrected chi connectivity index (χ2v) is 6.93. The fourth-order valence-corrected chi connectivity index (χ4v) is 2.79. The van der Waals surface area contributed by atoms with Crippen molar-refractivity contribution >= 4 is 21.4 Å². The molecule has 0 aromatic heterocycles. The molecule has 0 saturated heterocycles. The largest absolute Gasteiger partial charge is 0.494 e. The predicted molar refractivity (Wildman–Crippen MR) is 89.9 cm³/mol. The number of ether oxygens (including phenoxy) is 1. The highest BCUT2D eigenvalue weighted by Gasteiger charge is 2.13. The van der Waals surface area contributed by atoms with Crippen molar-refractivity contribution in [2.45, 2.75) is 13.0 Å². The van der Waals surface area contributed by atoms with Crippen LogP contribution in [0.4, 0.5) is 15.8 Å². The molecule has 5 nitrogen and oxygen atoms in total. The van der Waals surface area contributed by atoms with Gasteiger partial charge in [0.25, 0.3) is 0 Å². The number of hydrogen-bond donors (Lipinski definition) is 2. The summed E-state index contributed by atoms with van der Waals surface area (Å²) in [5, 5.41) is 3.17. The Kier molecular flexibility index (Phi) is 5.10. The maximum Gasteiger partial charge on any atom is 0.229 e. The Bertz CT molecular complexity index is 794. The Morgan fingerprint density at radius 1 is 1.17 bits per heavy atom. The smallest absolute Gasteiger partial charge is 0.229 e. The zero-order valence-corrected chi connectivity index (χ0v) is 13.9. The van der Waals surface area contributed by atoms with Crippen LogP contribution >= 0.6 is 0 Å². The third-order valence-electron chi connectivity index (χ3n) is 3.25. The lowest BCUT2D eigenvalue weighted by Crippen LogP contribution is -2.11. The van der Waals surface area contributed by atoms with Crippen molar-refractivity contribution in [3.63, 3.8) is 0 Å². The van der Waals surface area contributed by atoms with Gasteiger partial charge in [-0.2, -0.15) is 0 Å². The summed E-state index contributed by atoms with van der Waals surface area (Å²) in [4.78, 5) is 0. The van der Waals surface area contributed by atoms with E-state index in [1.165, 1.54) is 13.2 Å². The van der Waals surface area contributed by atoms with Crippen LogP contribution in [-0.4, -0.2) is 21.8 Å². The van der Waals surface area contributed by atoms with E-state index in [2.05, 4.69) is 10.0 Å². The van der Waals surface area contributed by atoms with Crippen LogP contribution in [0.1, 0.15) is 18.5 Å². The SMILES string of the molecule is COc1cc(N[C@@H](C)c2ccccc2F)ccc1NS(C)(=O)=O. The molecule has 0 aliphatic rings. The quantitative estimate of drug-likeness (QED) is 0.847. The highest BCUT2D eigenvalue weighted by Crippen LogP contribution is 2.30. The van der Waals surface area contributed by atoms with Gasteiger partial charge in [-0.3, -0.25) is 4.72 Å². The summed E-state index contributed by atoms with van der Waals surface area (Å²) < 4.78 is 44.0. The number of sulfonamides is 1. The summed E-state index contributed by atoms with van der Waals surface area (Å²) in [6.07, 6.45) is 1.07. The molecule has 2 rings (SSSR count). The Labute approximate surface area is 135 Å². The summed E-state index contributed by atoms with van der Waals surface area (Å²) in [6.45, 7) is 1.84. The third-order valence-corrected chi connectivity index (χ3v) is 3.84. The lowest BCUT2D eigenvalue weighted by atomic mass is 10.1. The van der Waals surface area contributed by atoms with Gasteiger partial charge in [0.1, 0.15) is 11.6 Å². The maximum atomic E-state index is 13.8. The summed E-state index contributed by atoms with van der Waals surface area (Å²) in [6, 6.07) is 11.2. The van der Waals surface area contributed by atoms with Crippen LogP contribution in [0.5, 0.6) is 5.75 Å². The van der Waals surface area contributed by atoms with Gasteiger partial charge in [0.15, 0.2) is 0 Å². The van der Waals surface area contributed by atoms with Crippen molar-refractivity contribution in [3.05, 3.63) is 53.8 Å². The van der Waals surface area contributed by atoms with Gasteiger partial charge in [-0.15, -0.1) is 0 Å². The molecule has 1 atom stereocenters. The van der Waals surface area contributed by atoms with E-state index in [9.17, 15) is 12.8 Å². The van der Waals surface area contributed by atoms with Gasteiger partial charge in [0, 0.05) is 17.3 Å². The molecule has 0 amide bonds. The molecule has 23 heavy (non-hydrogen) atoms. The van der Waals surface area contributed by atoms with Crippen LogP contribution < -0.4 is 14.8 Å². The monoisotopic (exact) mass is 338 g/mol. The molecular formula is C16H19FN2O3S. The molecule has 0 heterocycles. The molecule has 2 aromatic carbocycles. The maximum absolute atomic E-state index is 13.8. The first-order valence-corrected chi connectivity index (χ1v) is 8.86. The topological polar surface area (TPSA) is 67.4 Å². The minimum atomic E-state index is -3.39. The first-order valence-electron chi connectivity index (χ1n) is 6.97. The normalized spacial score (nSPS) is 12.5. The lowest BCUT2D eigenvalue weighted by molar-refractivity contribution is 0.417. The van der Waals surface area contributed by atoms with Crippen molar-refractivity contribution < 1.29 is 17.5 Å². The van der Waals surface area contributed by atoms with E-state index in [-0.39, 0.29) is 11.9 Å². The first-order chi connectivity index (χ1) is 10.8. The molecule has 2 N–H and O–H groups in total. The highest BCUT2D eigenvalue weighted by molar-refractivity contribution is 7.92. The molecule has 124 valence electrons. The second-order valence-electron chi connectivity index (χ2n) is 5.18. The second kappa shape index (κ2) is 6.87. The van der Waals surface area contributed by atoms with Gasteiger partial charge in [0.05, 0.1) is 25.1 Å². The van der Waals surface area contributed by atoms with Crippen molar-refractivity contribution in [2.75, 3.05) is 23.4 Å². The molecule has 0 aliphatic heterocycles. The fourth-order valence-electron chi connectivity index (χ4n) is 2.22. The van der Waals surface area contributed by atoms with Crippen molar-refractivity contribution in [1.82, 2.24) is 0 Å². The first kappa shape index (κ1) is 17.1. The van der Waals surface area contributed by atoms with Crippen LogP contribution in [0.25, 0.3) is 0 Å². The number of rotatable bonds is 6. The molecule has 0 bridgehead atoms. The van der Waals surface area contributed by atoms with Crippen LogP contribution in [-0.2, 0) is 10.0 Å². The minimum Gasteiger partial charge on any atom is -0.494 e. The predicted octanol–water partition coefficient (Wildman–Crippen LogP) is 3.38. The minimum absolute atomic E-state index is 0.255. The molecule has 7 heteroatoms. The van der Waals surface area contributed by atoms with Crippen molar-refractivity contribution in [1.29, 1.82) is 0 Å². The van der Waals surface area contributed by atoms with Gasteiger partial charge in [-0.25, -0.2) is 12.8 Å². The summed E-state index contributed by atoms with van der Waals surface area (Å²) >= 11 is 0. The van der Waals surface area contributed by atoms with Crippen LogP contribution in [0, 0.1) is 5.82 Å². The zero-order chi connectivity index (χ0) is 17.0. The van der Waals surface area contributed by atoms with Gasteiger partial charge >= 0.3 is 0 Å². The average Bonchev–Trinajstić information content (AvgIpc) is 2.47. The molecule has 0 unspecified atom stereocenters. The molecule has 0 radical (unpaired) electrons. The van der Waals surface area contributed by atoms with E-state index in [1.54, 1.807) is 36.4 Å². The Hall–Kier alpha value is -2.28. The van der Waals surface area contributed by atoms with Gasteiger partial charge < -0.3 is 10.1 Å². The Morgan fingerprint density at radius 2 is 1.87 bits per heavy atom. The summed E-state index contributed by atoms with van der Waals surface area (Å²) in [7, 11) is -1.94. The molecule has 0 spiro atoms. The van der Waals surface area contributed by atoms with E-state index in [1.807, 2.05) is 6.92 Å². The number of hydrogen-bond acceptors (Lipinski definition) is 4.